The van der Waals surface area contributed by atoms with Crippen molar-refractivity contribution in [2.24, 2.45) is 0 Å². The molecule has 5 nitrogen and oxygen atoms in total. The lowest BCUT2D eigenvalue weighted by molar-refractivity contribution is -0.113. The quantitative estimate of drug-likeness (QED) is 0.544. The lowest BCUT2D eigenvalue weighted by Gasteiger charge is -2.09. The Morgan fingerprint density at radius 2 is 1.85 bits per heavy atom. The second kappa shape index (κ2) is 7.41. The van der Waals surface area contributed by atoms with Crippen LogP contribution in [-0.4, -0.2) is 26.0 Å². The van der Waals surface area contributed by atoms with Crippen molar-refractivity contribution in [2.75, 3.05) is 11.1 Å². The fourth-order valence-corrected chi connectivity index (χ4v) is 3.33. The molecule has 6 heteroatoms. The summed E-state index contributed by atoms with van der Waals surface area (Å²) in [4.78, 5) is 22.0. The Morgan fingerprint density at radius 3 is 2.69 bits per heavy atom. The number of imidazole rings is 1. The largest absolute Gasteiger partial charge is 0.325 e. The molecule has 0 unspecified atom stereocenters. The summed E-state index contributed by atoms with van der Waals surface area (Å²) < 4.78 is 1.97. The molecule has 0 fully saturated rings. The van der Waals surface area contributed by atoms with E-state index in [2.05, 4.69) is 15.3 Å². The van der Waals surface area contributed by atoms with Crippen LogP contribution in [0.4, 0.5) is 5.69 Å². The number of aromatic nitrogens is 3. The molecule has 3 aromatic heterocycles. The summed E-state index contributed by atoms with van der Waals surface area (Å²) in [6.07, 6.45) is 7.36. The number of anilines is 1. The predicted octanol–water partition coefficient (Wildman–Crippen LogP) is 4.13. The number of benzene rings is 1. The third-order valence-corrected chi connectivity index (χ3v) is 4.87. The van der Waals surface area contributed by atoms with Gasteiger partial charge in [-0.05, 0) is 30.3 Å². The van der Waals surface area contributed by atoms with Gasteiger partial charge < -0.3 is 9.72 Å². The van der Waals surface area contributed by atoms with Crippen LogP contribution in [0.5, 0.6) is 0 Å². The summed E-state index contributed by atoms with van der Waals surface area (Å²) in [5, 5.41) is 3.00. The van der Waals surface area contributed by atoms with Gasteiger partial charge in [0.05, 0.1) is 17.1 Å². The van der Waals surface area contributed by atoms with Crippen LogP contribution < -0.4 is 5.32 Å². The molecule has 1 aromatic carbocycles. The summed E-state index contributed by atoms with van der Waals surface area (Å²) in [7, 11) is 0. The molecule has 1 amide bonds. The highest BCUT2D eigenvalue weighted by Gasteiger charge is 2.11. The molecular weight excluding hydrogens is 344 g/mol. The van der Waals surface area contributed by atoms with Gasteiger partial charge in [-0.15, -0.1) is 11.8 Å². The van der Waals surface area contributed by atoms with Gasteiger partial charge in [-0.25, -0.2) is 4.98 Å². The van der Waals surface area contributed by atoms with E-state index in [9.17, 15) is 4.79 Å². The molecule has 3 heterocycles. The van der Waals surface area contributed by atoms with Gasteiger partial charge >= 0.3 is 0 Å². The van der Waals surface area contributed by atoms with E-state index in [1.165, 1.54) is 11.8 Å². The normalized spacial score (nSPS) is 10.8. The summed E-state index contributed by atoms with van der Waals surface area (Å²) in [5.41, 5.74) is 3.36. The maximum Gasteiger partial charge on any atom is 0.234 e. The minimum Gasteiger partial charge on any atom is -0.325 e. The zero-order valence-corrected chi connectivity index (χ0v) is 14.7. The maximum atomic E-state index is 12.4. The lowest BCUT2D eigenvalue weighted by atomic mass is 10.1. The van der Waals surface area contributed by atoms with Crippen molar-refractivity contribution in [3.05, 3.63) is 79.4 Å². The number of pyridine rings is 2. The highest BCUT2D eigenvalue weighted by Crippen LogP contribution is 2.27. The first kappa shape index (κ1) is 16.4. The van der Waals surface area contributed by atoms with E-state index in [1.807, 2.05) is 71.4 Å². The van der Waals surface area contributed by atoms with E-state index in [4.69, 9.17) is 0 Å². The average molecular weight is 360 g/mol. The number of amides is 1. The van der Waals surface area contributed by atoms with Crippen molar-refractivity contribution < 1.29 is 4.79 Å². The van der Waals surface area contributed by atoms with Crippen molar-refractivity contribution >= 4 is 29.0 Å². The smallest absolute Gasteiger partial charge is 0.234 e. The maximum absolute atomic E-state index is 12.4. The minimum atomic E-state index is -0.0528. The van der Waals surface area contributed by atoms with E-state index in [0.717, 1.165) is 27.5 Å². The Kier molecular flexibility index (Phi) is 4.66. The SMILES string of the molecule is O=C(CSc1ccncc1)Nc1ccccc1-c1cn2ccccc2n1. The highest BCUT2D eigenvalue weighted by atomic mass is 32.2. The molecule has 0 spiro atoms. The van der Waals surface area contributed by atoms with Crippen molar-refractivity contribution in [3.8, 4) is 11.3 Å². The number of hydrogen-bond donors (Lipinski definition) is 1. The molecule has 0 aliphatic carbocycles. The van der Waals surface area contributed by atoms with Gasteiger partial charge in [-0.2, -0.15) is 0 Å². The first-order valence-electron chi connectivity index (χ1n) is 8.15. The number of carbonyl (C=O) groups is 1. The summed E-state index contributed by atoms with van der Waals surface area (Å²) in [5.74, 6) is 0.284. The third kappa shape index (κ3) is 3.60. The van der Waals surface area contributed by atoms with Crippen LogP contribution >= 0.6 is 11.8 Å². The van der Waals surface area contributed by atoms with Crippen LogP contribution in [0.15, 0.2) is 84.3 Å². The van der Waals surface area contributed by atoms with Gasteiger partial charge in [0.2, 0.25) is 5.91 Å². The van der Waals surface area contributed by atoms with Gasteiger partial charge in [0, 0.05) is 35.2 Å². The van der Waals surface area contributed by atoms with Crippen molar-refractivity contribution in [3.63, 3.8) is 0 Å². The van der Waals surface area contributed by atoms with Crippen molar-refractivity contribution in [1.82, 2.24) is 14.4 Å². The van der Waals surface area contributed by atoms with E-state index in [0.29, 0.717) is 5.75 Å². The highest BCUT2D eigenvalue weighted by molar-refractivity contribution is 8.00. The zero-order chi connectivity index (χ0) is 17.8. The van der Waals surface area contributed by atoms with Gasteiger partial charge in [-0.1, -0.05) is 24.3 Å². The van der Waals surface area contributed by atoms with Gasteiger partial charge in [0.15, 0.2) is 0 Å². The molecule has 4 rings (SSSR count). The van der Waals surface area contributed by atoms with Gasteiger partial charge in [-0.3, -0.25) is 9.78 Å². The van der Waals surface area contributed by atoms with E-state index >= 15 is 0 Å². The van der Waals surface area contributed by atoms with E-state index < -0.39 is 0 Å². The summed E-state index contributed by atoms with van der Waals surface area (Å²) in [6, 6.07) is 17.4. The Labute approximate surface area is 155 Å². The van der Waals surface area contributed by atoms with Crippen molar-refractivity contribution in [2.45, 2.75) is 4.90 Å². The number of carbonyl (C=O) groups excluding carboxylic acids is 1. The van der Waals surface area contributed by atoms with Gasteiger partial charge in [0.1, 0.15) is 5.65 Å². The number of nitrogens with zero attached hydrogens (tertiary/aromatic N) is 3. The first-order valence-corrected chi connectivity index (χ1v) is 9.14. The first-order chi connectivity index (χ1) is 12.8. The van der Waals surface area contributed by atoms with Crippen LogP contribution in [0.25, 0.3) is 16.9 Å². The molecule has 0 aliphatic rings. The summed E-state index contributed by atoms with van der Waals surface area (Å²) >= 11 is 1.48. The van der Waals surface area contributed by atoms with Crippen LogP contribution in [0.2, 0.25) is 0 Å². The van der Waals surface area contributed by atoms with Gasteiger partial charge in [0.25, 0.3) is 0 Å². The van der Waals surface area contributed by atoms with E-state index in [-0.39, 0.29) is 5.91 Å². The monoisotopic (exact) mass is 360 g/mol. The van der Waals surface area contributed by atoms with Crippen LogP contribution in [0.1, 0.15) is 0 Å². The topological polar surface area (TPSA) is 59.3 Å². The van der Waals surface area contributed by atoms with Crippen LogP contribution in [0.3, 0.4) is 0 Å². The minimum absolute atomic E-state index is 0.0528. The molecule has 0 saturated carbocycles. The Balaban J connectivity index is 1.53. The second-order valence-electron chi connectivity index (χ2n) is 5.66. The number of hydrogen-bond acceptors (Lipinski definition) is 4. The molecule has 26 heavy (non-hydrogen) atoms. The molecule has 128 valence electrons. The predicted molar refractivity (Wildman–Crippen MR) is 104 cm³/mol. The van der Waals surface area contributed by atoms with Crippen LogP contribution in [0, 0.1) is 0 Å². The lowest BCUT2D eigenvalue weighted by Crippen LogP contribution is -2.14. The molecule has 0 bridgehead atoms. The Morgan fingerprint density at radius 1 is 1.04 bits per heavy atom. The molecule has 0 aliphatic heterocycles. The number of rotatable bonds is 5. The molecule has 4 aromatic rings. The molecular formula is C20H16N4OS. The molecule has 0 radical (unpaired) electrons. The Hall–Kier alpha value is -3.12. The number of thioether (sulfide) groups is 1. The fraction of sp³-hybridized carbons (Fsp3) is 0.0500. The fourth-order valence-electron chi connectivity index (χ4n) is 2.65. The summed E-state index contributed by atoms with van der Waals surface area (Å²) in [6.45, 7) is 0. The number of nitrogens with one attached hydrogen (secondary N) is 1. The molecule has 0 atom stereocenters. The average Bonchev–Trinajstić information content (AvgIpc) is 3.12. The molecule has 1 N–H and O–H groups in total. The zero-order valence-electron chi connectivity index (χ0n) is 13.9. The number of para-hydroxylation sites is 1. The molecule has 0 saturated heterocycles. The van der Waals surface area contributed by atoms with Crippen molar-refractivity contribution in [1.29, 1.82) is 0 Å². The van der Waals surface area contributed by atoms with Crippen LogP contribution in [-0.2, 0) is 4.79 Å². The Bertz CT molecular complexity index is 1010. The third-order valence-electron chi connectivity index (χ3n) is 3.86. The number of fused-ring (bicyclic) bond motifs is 1. The van der Waals surface area contributed by atoms with E-state index in [1.54, 1.807) is 12.4 Å². The standard InChI is InChI=1S/C20H16N4OS/c25-20(14-26-15-8-10-21-11-9-15)23-17-6-2-1-5-16(17)18-13-24-12-4-3-7-19(24)22-18/h1-13H,14H2,(H,23,25). The second-order valence-corrected chi connectivity index (χ2v) is 6.71.